The number of unbranched alkanes of at least 4 members (excludes halogenated alkanes) is 1. The van der Waals surface area contributed by atoms with Crippen molar-refractivity contribution in [3.8, 4) is 11.1 Å². The molecule has 3 aromatic rings. The summed E-state index contributed by atoms with van der Waals surface area (Å²) in [6.45, 7) is 2.09. The minimum Gasteiger partial charge on any atom is -0.480 e. The lowest BCUT2D eigenvalue weighted by molar-refractivity contribution is -0.135. The number of pyridine rings is 2. The van der Waals surface area contributed by atoms with E-state index in [1.54, 1.807) is 18.1 Å². The van der Waals surface area contributed by atoms with Crippen LogP contribution in [0.5, 0.6) is 0 Å². The molecule has 0 amide bonds. The second-order valence-corrected chi connectivity index (χ2v) is 6.47. The SMILES string of the molecule is CCCCc1ccc2nc(N(C)CC(=O)O)cc(-c3cccnc3)c2c1. The number of fused-ring (bicyclic) bond motifs is 1. The highest BCUT2D eigenvalue weighted by molar-refractivity contribution is 5.96. The van der Waals surface area contributed by atoms with Gasteiger partial charge in [0.05, 0.1) is 5.52 Å². The fourth-order valence-electron chi connectivity index (χ4n) is 3.04. The van der Waals surface area contributed by atoms with Crippen LogP contribution in [-0.2, 0) is 11.2 Å². The van der Waals surface area contributed by atoms with Gasteiger partial charge in [-0.25, -0.2) is 4.98 Å². The van der Waals surface area contributed by atoms with Gasteiger partial charge in [-0.15, -0.1) is 0 Å². The van der Waals surface area contributed by atoms with Crippen molar-refractivity contribution in [1.82, 2.24) is 9.97 Å². The predicted octanol–water partition coefficient (Wildman–Crippen LogP) is 4.16. The first-order valence-electron chi connectivity index (χ1n) is 8.85. The Hall–Kier alpha value is -2.95. The van der Waals surface area contributed by atoms with Gasteiger partial charge in [0.2, 0.25) is 0 Å². The van der Waals surface area contributed by atoms with E-state index < -0.39 is 5.97 Å². The van der Waals surface area contributed by atoms with Gasteiger partial charge in [0, 0.05) is 30.4 Å². The van der Waals surface area contributed by atoms with E-state index in [0.29, 0.717) is 5.82 Å². The number of aliphatic carboxylic acids is 1. The van der Waals surface area contributed by atoms with Gasteiger partial charge in [0.1, 0.15) is 12.4 Å². The van der Waals surface area contributed by atoms with Gasteiger partial charge in [0.15, 0.2) is 0 Å². The maximum absolute atomic E-state index is 11.1. The average molecular weight is 349 g/mol. The van der Waals surface area contributed by atoms with E-state index in [4.69, 9.17) is 5.11 Å². The highest BCUT2D eigenvalue weighted by atomic mass is 16.4. The number of rotatable bonds is 7. The maximum Gasteiger partial charge on any atom is 0.323 e. The average Bonchev–Trinajstić information content (AvgIpc) is 2.65. The first-order chi connectivity index (χ1) is 12.6. The number of benzene rings is 1. The van der Waals surface area contributed by atoms with Crippen LogP contribution in [0.25, 0.3) is 22.0 Å². The fourth-order valence-corrected chi connectivity index (χ4v) is 3.04. The van der Waals surface area contributed by atoms with Crippen molar-refractivity contribution in [3.05, 3.63) is 54.4 Å². The van der Waals surface area contributed by atoms with Gasteiger partial charge in [-0.3, -0.25) is 9.78 Å². The van der Waals surface area contributed by atoms with E-state index in [1.807, 2.05) is 30.5 Å². The molecule has 134 valence electrons. The van der Waals surface area contributed by atoms with E-state index in [1.165, 1.54) is 5.56 Å². The minimum absolute atomic E-state index is 0.0976. The van der Waals surface area contributed by atoms with Crippen molar-refractivity contribution >= 4 is 22.7 Å². The second-order valence-electron chi connectivity index (χ2n) is 6.47. The smallest absolute Gasteiger partial charge is 0.323 e. The normalized spacial score (nSPS) is 10.8. The van der Waals surface area contributed by atoms with E-state index in [9.17, 15) is 4.79 Å². The van der Waals surface area contributed by atoms with E-state index in [2.05, 4.69) is 29.0 Å². The third kappa shape index (κ3) is 3.99. The van der Waals surface area contributed by atoms with Crippen LogP contribution in [0.1, 0.15) is 25.3 Å². The summed E-state index contributed by atoms with van der Waals surface area (Å²) in [5, 5.41) is 10.2. The molecule has 0 atom stereocenters. The van der Waals surface area contributed by atoms with Crippen molar-refractivity contribution < 1.29 is 9.90 Å². The Bertz CT molecular complexity index is 910. The summed E-state index contributed by atoms with van der Waals surface area (Å²) in [4.78, 5) is 21.6. The molecule has 2 heterocycles. The molecule has 0 aliphatic heterocycles. The van der Waals surface area contributed by atoms with E-state index in [-0.39, 0.29) is 6.54 Å². The minimum atomic E-state index is -0.882. The number of anilines is 1. The quantitative estimate of drug-likeness (QED) is 0.694. The summed E-state index contributed by atoms with van der Waals surface area (Å²) >= 11 is 0. The zero-order valence-electron chi connectivity index (χ0n) is 15.1. The van der Waals surface area contributed by atoms with Crippen molar-refractivity contribution in [2.75, 3.05) is 18.5 Å². The fraction of sp³-hybridized carbons (Fsp3) is 0.286. The summed E-state index contributed by atoms with van der Waals surface area (Å²) in [5.74, 6) is -0.243. The van der Waals surface area contributed by atoms with Gasteiger partial charge in [-0.2, -0.15) is 0 Å². The maximum atomic E-state index is 11.1. The lowest BCUT2D eigenvalue weighted by atomic mass is 9.99. The van der Waals surface area contributed by atoms with Gasteiger partial charge in [-0.1, -0.05) is 25.5 Å². The predicted molar refractivity (Wildman–Crippen MR) is 104 cm³/mol. The molecule has 2 aromatic heterocycles. The molecule has 5 nitrogen and oxygen atoms in total. The molecule has 0 fully saturated rings. The number of likely N-dealkylation sites (N-methyl/N-ethyl adjacent to an activating group) is 1. The molecule has 0 radical (unpaired) electrons. The first kappa shape index (κ1) is 17.9. The largest absolute Gasteiger partial charge is 0.480 e. The Balaban J connectivity index is 2.15. The summed E-state index contributed by atoms with van der Waals surface area (Å²) < 4.78 is 0. The van der Waals surface area contributed by atoms with Crippen molar-refractivity contribution in [2.24, 2.45) is 0 Å². The Morgan fingerprint density at radius 3 is 2.77 bits per heavy atom. The number of carboxylic acid groups (broad SMARTS) is 1. The number of aryl methyl sites for hydroxylation is 1. The zero-order valence-corrected chi connectivity index (χ0v) is 15.1. The topological polar surface area (TPSA) is 66.3 Å². The summed E-state index contributed by atoms with van der Waals surface area (Å²) in [5.41, 5.74) is 4.17. The number of aromatic nitrogens is 2. The van der Waals surface area contributed by atoms with Crippen LogP contribution in [0.15, 0.2) is 48.8 Å². The second kappa shape index (κ2) is 7.95. The van der Waals surface area contributed by atoms with Crippen LogP contribution in [0, 0.1) is 0 Å². The third-order valence-corrected chi connectivity index (χ3v) is 4.41. The highest BCUT2D eigenvalue weighted by Gasteiger charge is 2.13. The monoisotopic (exact) mass is 349 g/mol. The molecule has 26 heavy (non-hydrogen) atoms. The Morgan fingerprint density at radius 2 is 2.08 bits per heavy atom. The highest BCUT2D eigenvalue weighted by Crippen LogP contribution is 2.31. The zero-order chi connectivity index (χ0) is 18.5. The molecular weight excluding hydrogens is 326 g/mol. The number of hydrogen-bond acceptors (Lipinski definition) is 4. The Kier molecular flexibility index (Phi) is 5.46. The van der Waals surface area contributed by atoms with Gasteiger partial charge >= 0.3 is 5.97 Å². The Morgan fingerprint density at radius 1 is 1.23 bits per heavy atom. The van der Waals surface area contributed by atoms with Crippen LogP contribution >= 0.6 is 0 Å². The van der Waals surface area contributed by atoms with Crippen LogP contribution in [0.4, 0.5) is 5.82 Å². The van der Waals surface area contributed by atoms with Crippen molar-refractivity contribution in [2.45, 2.75) is 26.2 Å². The number of carbonyl (C=O) groups is 1. The molecule has 0 unspecified atom stereocenters. The van der Waals surface area contributed by atoms with Gasteiger partial charge in [0.25, 0.3) is 0 Å². The molecule has 1 N–H and O–H groups in total. The molecular formula is C21H23N3O2. The molecule has 3 rings (SSSR count). The molecule has 1 aromatic carbocycles. The van der Waals surface area contributed by atoms with Crippen LogP contribution in [0.2, 0.25) is 0 Å². The first-order valence-corrected chi connectivity index (χ1v) is 8.85. The number of carboxylic acids is 1. The van der Waals surface area contributed by atoms with E-state index >= 15 is 0 Å². The molecule has 0 aliphatic rings. The molecule has 0 bridgehead atoms. The third-order valence-electron chi connectivity index (χ3n) is 4.41. The molecule has 0 spiro atoms. The summed E-state index contributed by atoms with van der Waals surface area (Å²) in [6, 6.07) is 12.2. The van der Waals surface area contributed by atoms with Crippen LogP contribution in [0.3, 0.4) is 0 Å². The summed E-state index contributed by atoms with van der Waals surface area (Å²) in [6.07, 6.45) is 6.93. The number of nitrogens with zero attached hydrogens (tertiary/aromatic N) is 3. The lowest BCUT2D eigenvalue weighted by Gasteiger charge is -2.18. The van der Waals surface area contributed by atoms with Crippen LogP contribution in [-0.4, -0.2) is 34.6 Å². The van der Waals surface area contributed by atoms with Gasteiger partial charge in [-0.05, 0) is 48.2 Å². The molecule has 0 saturated carbocycles. The Labute approximate surface area is 153 Å². The van der Waals surface area contributed by atoms with Crippen molar-refractivity contribution in [1.29, 1.82) is 0 Å². The standard InChI is InChI=1S/C21H23N3O2/c1-3-4-6-15-8-9-19-18(11-15)17(16-7-5-10-22-13-16)12-20(23-19)24(2)14-21(25)26/h5,7-13H,3-4,6,14H2,1-2H3,(H,25,26). The van der Waals surface area contributed by atoms with Crippen LogP contribution < -0.4 is 4.90 Å². The van der Waals surface area contributed by atoms with Gasteiger partial charge < -0.3 is 10.0 Å². The number of hydrogen-bond donors (Lipinski definition) is 1. The molecule has 5 heteroatoms. The lowest BCUT2D eigenvalue weighted by Crippen LogP contribution is -2.26. The molecule has 0 saturated heterocycles. The van der Waals surface area contributed by atoms with E-state index in [0.717, 1.165) is 41.3 Å². The molecule has 0 aliphatic carbocycles. The summed E-state index contributed by atoms with van der Waals surface area (Å²) in [7, 11) is 1.74. The van der Waals surface area contributed by atoms with Crippen molar-refractivity contribution in [3.63, 3.8) is 0 Å².